The van der Waals surface area contributed by atoms with Crippen molar-refractivity contribution in [3.63, 3.8) is 0 Å². The van der Waals surface area contributed by atoms with Gasteiger partial charge in [0.25, 0.3) is 0 Å². The van der Waals surface area contributed by atoms with E-state index >= 15 is 0 Å². The first-order valence-corrected chi connectivity index (χ1v) is 8.71. The number of carbonyl (C=O) groups is 1. The number of nitrogens with one attached hydrogen (secondary N) is 1. The normalized spacial score (nSPS) is 24.2. The maximum atomic E-state index is 10.8. The number of carbonyl (C=O) groups excluding carboxylic acids is 1. The molecule has 2 unspecified atom stereocenters. The fraction of sp³-hybridized carbons (Fsp3) is 0.750. The molecule has 108 valence electrons. The molecule has 1 amide bonds. The van der Waals surface area contributed by atoms with Crippen LogP contribution in [-0.2, 0) is 13.6 Å². The minimum atomic E-state index is -2.40. The van der Waals surface area contributed by atoms with E-state index < -0.39 is 8.56 Å². The Hall–Kier alpha value is -1.05. The van der Waals surface area contributed by atoms with Gasteiger partial charge in [0.2, 0.25) is 6.41 Å². The summed E-state index contributed by atoms with van der Waals surface area (Å²) in [5, 5.41) is 11.1. The van der Waals surface area contributed by atoms with Gasteiger partial charge >= 0.3 is 8.56 Å². The molecular formula is C12H23N3O3Si. The maximum absolute atomic E-state index is 10.8. The zero-order valence-electron chi connectivity index (χ0n) is 12.3. The van der Waals surface area contributed by atoms with Crippen LogP contribution in [0.5, 0.6) is 0 Å². The Kier molecular flexibility index (Phi) is 5.39. The SMILES string of the molecule is CO[Si](C)(OC)C(CCC1(C)C=C(C)N=N1)NC=O. The van der Waals surface area contributed by atoms with Crippen LogP contribution < -0.4 is 5.32 Å². The largest absolute Gasteiger partial charge is 0.397 e. The molecule has 7 heteroatoms. The van der Waals surface area contributed by atoms with E-state index in [4.69, 9.17) is 8.85 Å². The lowest BCUT2D eigenvalue weighted by Crippen LogP contribution is -2.56. The van der Waals surface area contributed by atoms with Gasteiger partial charge < -0.3 is 14.2 Å². The van der Waals surface area contributed by atoms with E-state index in [2.05, 4.69) is 15.5 Å². The molecule has 0 bridgehead atoms. The molecule has 0 aromatic carbocycles. The summed E-state index contributed by atoms with van der Waals surface area (Å²) in [6.07, 6.45) is 4.27. The molecule has 19 heavy (non-hydrogen) atoms. The summed E-state index contributed by atoms with van der Waals surface area (Å²) in [6, 6.07) is 0. The monoisotopic (exact) mass is 285 g/mol. The molecule has 6 nitrogen and oxygen atoms in total. The zero-order chi connectivity index (χ0) is 14.5. The van der Waals surface area contributed by atoms with Crippen LogP contribution in [0.1, 0.15) is 26.7 Å². The standard InChI is InChI=1S/C12H23N3O3Si/c1-10-8-12(2,15-14-10)7-6-11(13-9-16)19(5,17-3)18-4/h8-9,11H,6-7H2,1-5H3,(H,13,16). The molecule has 1 aliphatic rings. The highest BCUT2D eigenvalue weighted by Gasteiger charge is 2.40. The highest BCUT2D eigenvalue weighted by molar-refractivity contribution is 6.67. The van der Waals surface area contributed by atoms with Gasteiger partial charge in [-0.2, -0.15) is 10.2 Å². The van der Waals surface area contributed by atoms with Crippen molar-refractivity contribution in [1.82, 2.24) is 5.32 Å². The van der Waals surface area contributed by atoms with Gasteiger partial charge in [-0.1, -0.05) is 0 Å². The fourth-order valence-electron chi connectivity index (χ4n) is 2.21. The lowest BCUT2D eigenvalue weighted by molar-refractivity contribution is -0.110. The number of nitrogens with zero attached hydrogens (tertiary/aromatic N) is 2. The predicted octanol–water partition coefficient (Wildman–Crippen LogP) is 1.91. The van der Waals surface area contributed by atoms with E-state index in [0.717, 1.165) is 18.5 Å². The number of azo groups is 1. The Morgan fingerprint density at radius 1 is 1.53 bits per heavy atom. The van der Waals surface area contributed by atoms with Crippen molar-refractivity contribution in [2.45, 2.75) is 44.4 Å². The van der Waals surface area contributed by atoms with Gasteiger partial charge in [0.15, 0.2) is 0 Å². The van der Waals surface area contributed by atoms with Gasteiger partial charge in [-0.05, 0) is 39.3 Å². The second-order valence-corrected chi connectivity index (χ2v) is 8.69. The summed E-state index contributed by atoms with van der Waals surface area (Å²) in [7, 11) is 0.838. The summed E-state index contributed by atoms with van der Waals surface area (Å²) in [5.41, 5.74) is 0.533. The van der Waals surface area contributed by atoms with Crippen LogP contribution in [0, 0.1) is 0 Å². The topological polar surface area (TPSA) is 72.3 Å². The highest BCUT2D eigenvalue weighted by Crippen LogP contribution is 2.29. The second-order valence-electron chi connectivity index (χ2n) is 5.14. The number of amides is 1. The molecular weight excluding hydrogens is 262 g/mol. The van der Waals surface area contributed by atoms with Crippen LogP contribution in [0.4, 0.5) is 0 Å². The number of allylic oxidation sites excluding steroid dienone is 1. The Balaban J connectivity index is 2.70. The van der Waals surface area contributed by atoms with Crippen LogP contribution in [0.15, 0.2) is 22.0 Å². The first-order valence-electron chi connectivity index (χ1n) is 6.31. The van der Waals surface area contributed by atoms with Gasteiger partial charge in [-0.15, -0.1) is 0 Å². The van der Waals surface area contributed by atoms with E-state index in [1.54, 1.807) is 14.2 Å². The van der Waals surface area contributed by atoms with Crippen LogP contribution in [-0.4, -0.2) is 40.4 Å². The lowest BCUT2D eigenvalue weighted by atomic mass is 9.96. The van der Waals surface area contributed by atoms with Crippen molar-refractivity contribution in [2.75, 3.05) is 14.2 Å². The third-order valence-electron chi connectivity index (χ3n) is 3.61. The molecule has 1 heterocycles. The summed E-state index contributed by atoms with van der Waals surface area (Å²) in [6.45, 7) is 5.90. The first kappa shape index (κ1) is 16.0. The molecule has 1 rings (SSSR count). The molecule has 0 saturated carbocycles. The van der Waals surface area contributed by atoms with Crippen molar-refractivity contribution in [1.29, 1.82) is 0 Å². The van der Waals surface area contributed by atoms with Gasteiger partial charge in [-0.25, -0.2) is 0 Å². The van der Waals surface area contributed by atoms with E-state index in [1.807, 2.05) is 26.5 Å². The van der Waals surface area contributed by atoms with Crippen LogP contribution in [0.3, 0.4) is 0 Å². The Morgan fingerprint density at radius 3 is 2.58 bits per heavy atom. The summed E-state index contributed by atoms with van der Waals surface area (Å²) >= 11 is 0. The number of hydrogen-bond donors (Lipinski definition) is 1. The zero-order valence-corrected chi connectivity index (χ0v) is 13.3. The van der Waals surface area contributed by atoms with Gasteiger partial charge in [0, 0.05) is 14.2 Å². The second kappa shape index (κ2) is 6.40. The molecule has 0 spiro atoms. The van der Waals surface area contributed by atoms with Crippen molar-refractivity contribution < 1.29 is 13.6 Å². The molecule has 1 N–H and O–H groups in total. The quantitative estimate of drug-likeness (QED) is 0.547. The molecule has 0 radical (unpaired) electrons. The molecule has 0 aromatic heterocycles. The van der Waals surface area contributed by atoms with E-state index in [1.165, 1.54) is 0 Å². The molecule has 1 aliphatic heterocycles. The molecule has 0 saturated heterocycles. The minimum Gasteiger partial charge on any atom is -0.397 e. The summed E-state index contributed by atoms with van der Waals surface area (Å²) < 4.78 is 11.0. The third kappa shape index (κ3) is 3.95. The number of rotatable bonds is 8. The average molecular weight is 285 g/mol. The van der Waals surface area contributed by atoms with Crippen molar-refractivity contribution in [2.24, 2.45) is 10.2 Å². The Morgan fingerprint density at radius 2 is 2.16 bits per heavy atom. The minimum absolute atomic E-state index is 0.110. The lowest BCUT2D eigenvalue weighted by Gasteiger charge is -2.32. The van der Waals surface area contributed by atoms with Crippen LogP contribution in [0.2, 0.25) is 6.55 Å². The molecule has 0 fully saturated rings. The van der Waals surface area contributed by atoms with E-state index in [0.29, 0.717) is 6.41 Å². The fourth-order valence-corrected chi connectivity index (χ4v) is 3.98. The van der Waals surface area contributed by atoms with Gasteiger partial charge in [-0.3, -0.25) is 4.79 Å². The van der Waals surface area contributed by atoms with Gasteiger partial charge in [0.1, 0.15) is 0 Å². The van der Waals surface area contributed by atoms with Crippen molar-refractivity contribution in [3.05, 3.63) is 11.8 Å². The maximum Gasteiger partial charge on any atom is 0.357 e. The Labute approximate surface area is 115 Å². The van der Waals surface area contributed by atoms with Crippen molar-refractivity contribution in [3.8, 4) is 0 Å². The smallest absolute Gasteiger partial charge is 0.357 e. The molecule has 0 aliphatic carbocycles. The third-order valence-corrected chi connectivity index (χ3v) is 6.95. The Bertz CT molecular complexity index is 382. The molecule has 2 atom stereocenters. The average Bonchev–Trinajstić information content (AvgIpc) is 2.74. The van der Waals surface area contributed by atoms with E-state index in [-0.39, 0.29) is 11.2 Å². The van der Waals surface area contributed by atoms with Gasteiger partial charge in [0.05, 0.1) is 16.9 Å². The molecule has 0 aromatic rings. The summed E-state index contributed by atoms with van der Waals surface area (Å²) in [5.74, 6) is 0. The van der Waals surface area contributed by atoms with Crippen LogP contribution >= 0.6 is 0 Å². The predicted molar refractivity (Wildman–Crippen MR) is 74.9 cm³/mol. The van der Waals surface area contributed by atoms with Crippen LogP contribution in [0.25, 0.3) is 0 Å². The summed E-state index contributed by atoms with van der Waals surface area (Å²) in [4.78, 5) is 10.8. The van der Waals surface area contributed by atoms with Crippen molar-refractivity contribution >= 4 is 15.0 Å². The van der Waals surface area contributed by atoms with E-state index in [9.17, 15) is 4.79 Å². The highest BCUT2D eigenvalue weighted by atomic mass is 28.4. The first-order chi connectivity index (χ1) is 8.89. The number of hydrogen-bond acceptors (Lipinski definition) is 5.